The highest BCUT2D eigenvalue weighted by Crippen LogP contribution is 2.33. The molecule has 1 saturated heterocycles. The molecule has 2 amide bonds. The van der Waals surface area contributed by atoms with Crippen LogP contribution in [0.1, 0.15) is 57.5 Å². The smallest absolute Gasteiger partial charge is 0.407 e. The molecule has 0 spiro atoms. The molecular weight excluding hydrogens is 501 g/mol. The Labute approximate surface area is 218 Å². The number of rotatable bonds is 7. The van der Waals surface area contributed by atoms with E-state index in [0.29, 0.717) is 24.9 Å². The molecule has 0 saturated carbocycles. The number of carbonyl (C=O) groups is 2. The van der Waals surface area contributed by atoms with Crippen molar-refractivity contribution in [3.63, 3.8) is 0 Å². The number of hydrogen-bond donors (Lipinski definition) is 1. The van der Waals surface area contributed by atoms with Crippen molar-refractivity contribution in [2.75, 3.05) is 6.54 Å². The summed E-state index contributed by atoms with van der Waals surface area (Å²) in [6.45, 7) is 5.56. The fourth-order valence-electron chi connectivity index (χ4n) is 4.40. The summed E-state index contributed by atoms with van der Waals surface area (Å²) in [5, 5.41) is 6.53. The summed E-state index contributed by atoms with van der Waals surface area (Å²) in [4.78, 5) is 31.7. The van der Waals surface area contributed by atoms with Crippen LogP contribution in [0, 0.1) is 17.5 Å². The van der Waals surface area contributed by atoms with Gasteiger partial charge >= 0.3 is 6.09 Å². The van der Waals surface area contributed by atoms with Gasteiger partial charge in [-0.15, -0.1) is 0 Å². The molecule has 0 radical (unpaired) electrons. The van der Waals surface area contributed by atoms with E-state index in [1.54, 1.807) is 43.9 Å². The van der Waals surface area contributed by atoms with Gasteiger partial charge in [-0.2, -0.15) is 4.98 Å². The van der Waals surface area contributed by atoms with E-state index < -0.39 is 41.2 Å². The summed E-state index contributed by atoms with van der Waals surface area (Å²) >= 11 is 0. The first-order chi connectivity index (χ1) is 18.0. The Kier molecular flexibility index (Phi) is 8.03. The number of likely N-dealkylation sites (tertiary alicyclic amines) is 1. The second kappa shape index (κ2) is 11.2. The minimum atomic E-state index is -0.776. The van der Waals surface area contributed by atoms with Crippen molar-refractivity contribution in [3.8, 4) is 11.4 Å². The van der Waals surface area contributed by atoms with Crippen LogP contribution in [0.15, 0.2) is 47.0 Å². The Balaban J connectivity index is 1.50. The van der Waals surface area contributed by atoms with E-state index in [4.69, 9.17) is 9.26 Å². The second-order valence-electron chi connectivity index (χ2n) is 10.2. The van der Waals surface area contributed by atoms with Gasteiger partial charge in [0.2, 0.25) is 17.6 Å². The van der Waals surface area contributed by atoms with Crippen LogP contribution in [-0.2, 0) is 16.0 Å². The fourth-order valence-corrected chi connectivity index (χ4v) is 4.40. The first-order valence-corrected chi connectivity index (χ1v) is 12.3. The molecule has 3 aromatic rings. The van der Waals surface area contributed by atoms with Crippen molar-refractivity contribution < 1.29 is 32.0 Å². The maximum Gasteiger partial charge on any atom is 0.407 e. The highest BCUT2D eigenvalue weighted by Gasteiger charge is 2.35. The summed E-state index contributed by atoms with van der Waals surface area (Å²) in [6.07, 6.45) is 0.447. The molecule has 4 rings (SSSR count). The van der Waals surface area contributed by atoms with Crippen molar-refractivity contribution in [2.24, 2.45) is 0 Å². The van der Waals surface area contributed by atoms with Crippen LogP contribution in [0.25, 0.3) is 11.4 Å². The molecule has 1 aromatic heterocycles. The van der Waals surface area contributed by atoms with Crippen LogP contribution in [-0.4, -0.2) is 45.2 Å². The fraction of sp³-hybridized carbons (Fsp3) is 0.407. The summed E-state index contributed by atoms with van der Waals surface area (Å²) in [7, 11) is 0. The van der Waals surface area contributed by atoms with E-state index in [-0.39, 0.29) is 36.0 Å². The molecule has 2 atom stereocenters. The average Bonchev–Trinajstić information content (AvgIpc) is 3.48. The maximum atomic E-state index is 14.4. The number of carbonyl (C=O) groups excluding carboxylic acids is 2. The van der Waals surface area contributed by atoms with Gasteiger partial charge in [-0.3, -0.25) is 4.79 Å². The quantitative estimate of drug-likeness (QED) is 0.443. The molecule has 38 heavy (non-hydrogen) atoms. The number of halogens is 3. The van der Waals surface area contributed by atoms with E-state index in [1.165, 1.54) is 6.07 Å². The molecule has 0 aliphatic carbocycles. The van der Waals surface area contributed by atoms with Crippen LogP contribution in [0.4, 0.5) is 18.0 Å². The lowest BCUT2D eigenvalue weighted by Crippen LogP contribution is -2.44. The summed E-state index contributed by atoms with van der Waals surface area (Å²) in [6, 6.07) is 7.78. The minimum Gasteiger partial charge on any atom is -0.444 e. The summed E-state index contributed by atoms with van der Waals surface area (Å²) < 4.78 is 52.3. The van der Waals surface area contributed by atoms with Gasteiger partial charge < -0.3 is 19.5 Å². The van der Waals surface area contributed by atoms with Gasteiger partial charge in [-0.1, -0.05) is 23.4 Å². The van der Waals surface area contributed by atoms with Crippen molar-refractivity contribution in [2.45, 2.75) is 64.1 Å². The molecule has 2 heterocycles. The standard InChI is InChI=1S/C27H29F3N4O4/c1-27(2,3)37-26(36)31-20(13-16-7-4-5-8-21(16)30)15-23(35)34-10-6-9-22(34)25-32-24(33-38-25)17-11-18(28)14-19(29)12-17/h4-5,7-8,11-12,14,20,22H,6,9-10,13,15H2,1-3H3,(H,31,36)/t20-,22+/m1/s1. The largest absolute Gasteiger partial charge is 0.444 e. The lowest BCUT2D eigenvalue weighted by molar-refractivity contribution is -0.133. The zero-order chi connectivity index (χ0) is 27.4. The zero-order valence-electron chi connectivity index (χ0n) is 21.3. The van der Waals surface area contributed by atoms with E-state index >= 15 is 0 Å². The highest BCUT2D eigenvalue weighted by molar-refractivity contribution is 5.78. The Morgan fingerprint density at radius 3 is 2.55 bits per heavy atom. The van der Waals surface area contributed by atoms with Crippen LogP contribution >= 0.6 is 0 Å². The topological polar surface area (TPSA) is 97.6 Å². The minimum absolute atomic E-state index is 0.00159. The lowest BCUT2D eigenvalue weighted by atomic mass is 10.0. The van der Waals surface area contributed by atoms with Crippen LogP contribution in [0.3, 0.4) is 0 Å². The molecule has 2 aromatic carbocycles. The van der Waals surface area contributed by atoms with E-state index in [2.05, 4.69) is 15.5 Å². The van der Waals surface area contributed by atoms with Gasteiger partial charge in [-0.05, 0) is 63.8 Å². The number of aromatic nitrogens is 2. The average molecular weight is 531 g/mol. The molecule has 11 heteroatoms. The van der Waals surface area contributed by atoms with Gasteiger partial charge in [0.05, 0.1) is 0 Å². The predicted octanol–water partition coefficient (Wildman–Crippen LogP) is 5.34. The molecule has 1 N–H and O–H groups in total. The first-order valence-electron chi connectivity index (χ1n) is 12.3. The third-order valence-corrected chi connectivity index (χ3v) is 5.99. The number of ether oxygens (including phenoxy) is 1. The number of nitrogens with one attached hydrogen (secondary N) is 1. The van der Waals surface area contributed by atoms with Crippen molar-refractivity contribution in [1.82, 2.24) is 20.4 Å². The third kappa shape index (κ3) is 6.90. The molecule has 202 valence electrons. The zero-order valence-corrected chi connectivity index (χ0v) is 21.3. The lowest BCUT2D eigenvalue weighted by Gasteiger charge is -2.27. The summed E-state index contributed by atoms with van der Waals surface area (Å²) in [5.74, 6) is -2.16. The Bertz CT molecular complexity index is 1290. The molecule has 0 bridgehead atoms. The second-order valence-corrected chi connectivity index (χ2v) is 10.2. The van der Waals surface area contributed by atoms with Crippen LogP contribution in [0.2, 0.25) is 0 Å². The van der Waals surface area contributed by atoms with Gasteiger partial charge in [0.15, 0.2) is 0 Å². The van der Waals surface area contributed by atoms with E-state index in [0.717, 1.165) is 18.2 Å². The van der Waals surface area contributed by atoms with Gasteiger partial charge in [0, 0.05) is 30.6 Å². The van der Waals surface area contributed by atoms with Gasteiger partial charge in [-0.25, -0.2) is 18.0 Å². The Morgan fingerprint density at radius 1 is 1.16 bits per heavy atom. The Morgan fingerprint density at radius 2 is 1.87 bits per heavy atom. The number of alkyl carbamates (subject to hydrolysis) is 1. The molecule has 1 aliphatic heterocycles. The first kappa shape index (κ1) is 27.2. The van der Waals surface area contributed by atoms with Crippen molar-refractivity contribution in [1.29, 1.82) is 0 Å². The number of nitrogens with zero attached hydrogens (tertiary/aromatic N) is 3. The normalized spacial score (nSPS) is 16.4. The van der Waals surface area contributed by atoms with E-state index in [1.807, 2.05) is 0 Å². The van der Waals surface area contributed by atoms with Gasteiger partial charge in [0.25, 0.3) is 0 Å². The number of hydrogen-bond acceptors (Lipinski definition) is 6. The molecule has 8 nitrogen and oxygen atoms in total. The third-order valence-electron chi connectivity index (χ3n) is 5.99. The molecule has 1 fully saturated rings. The number of benzene rings is 2. The molecular formula is C27H29F3N4O4. The SMILES string of the molecule is CC(C)(C)OC(=O)N[C@@H](CC(=O)N1CCC[C@H]1c1nc(-c2cc(F)cc(F)c2)no1)Cc1ccccc1F. The van der Waals surface area contributed by atoms with Gasteiger partial charge in [0.1, 0.15) is 29.1 Å². The van der Waals surface area contributed by atoms with Crippen LogP contribution in [0.5, 0.6) is 0 Å². The molecule has 0 unspecified atom stereocenters. The predicted molar refractivity (Wildman–Crippen MR) is 131 cm³/mol. The molecule has 1 aliphatic rings. The maximum absolute atomic E-state index is 14.4. The van der Waals surface area contributed by atoms with E-state index in [9.17, 15) is 22.8 Å². The highest BCUT2D eigenvalue weighted by atomic mass is 19.1. The summed E-state index contributed by atoms with van der Waals surface area (Å²) in [5.41, 5.74) is -0.292. The van der Waals surface area contributed by atoms with Crippen molar-refractivity contribution >= 4 is 12.0 Å². The van der Waals surface area contributed by atoms with Crippen molar-refractivity contribution in [3.05, 3.63) is 71.4 Å². The number of amides is 2. The monoisotopic (exact) mass is 530 g/mol. The Hall–Kier alpha value is -3.89. The van der Waals surface area contributed by atoms with Crippen LogP contribution < -0.4 is 5.32 Å².